The molecule has 1 aromatic heterocycles. The number of para-hydroxylation sites is 1. The predicted octanol–water partition coefficient (Wildman–Crippen LogP) is 5.04. The average molecular weight is 423 g/mol. The molecule has 2 amide bonds. The van der Waals surface area contributed by atoms with Crippen molar-refractivity contribution in [1.29, 1.82) is 0 Å². The summed E-state index contributed by atoms with van der Waals surface area (Å²) in [5.41, 5.74) is 0.741. The van der Waals surface area contributed by atoms with Crippen LogP contribution in [0.4, 0.5) is 10.1 Å². The lowest BCUT2D eigenvalue weighted by Crippen LogP contribution is -2.32. The van der Waals surface area contributed by atoms with Crippen LogP contribution in [0.2, 0.25) is 0 Å². The Hall–Kier alpha value is -3.32. The molecule has 0 aliphatic carbocycles. The standard InChI is InChI=1S/C23H18FNO4S/c1-2-28-16-11-9-15(10-12-16)20-21(30-14-17-6-5-13-29-17)23(27)25(22(20)26)19-8-4-3-7-18(19)24/h3-13H,2,14H2,1H3. The number of thioether (sulfide) groups is 1. The quantitative estimate of drug-likeness (QED) is 0.499. The summed E-state index contributed by atoms with van der Waals surface area (Å²) in [5, 5.41) is 0. The molecule has 0 spiro atoms. The van der Waals surface area contributed by atoms with Gasteiger partial charge in [-0.2, -0.15) is 0 Å². The number of ether oxygens (including phenoxy) is 1. The SMILES string of the molecule is CCOc1ccc(C2=C(SCc3ccco3)C(=O)N(c3ccccc3F)C2=O)cc1. The smallest absolute Gasteiger partial charge is 0.272 e. The maximum absolute atomic E-state index is 14.4. The van der Waals surface area contributed by atoms with E-state index in [9.17, 15) is 14.0 Å². The molecule has 7 heteroatoms. The van der Waals surface area contributed by atoms with Crippen LogP contribution in [0.15, 0.2) is 76.2 Å². The highest BCUT2D eigenvalue weighted by atomic mass is 32.2. The van der Waals surface area contributed by atoms with Gasteiger partial charge < -0.3 is 9.15 Å². The number of halogens is 1. The second kappa shape index (κ2) is 8.59. The van der Waals surface area contributed by atoms with Crippen LogP contribution in [0.1, 0.15) is 18.2 Å². The highest BCUT2D eigenvalue weighted by molar-refractivity contribution is 8.03. The van der Waals surface area contributed by atoms with E-state index >= 15 is 0 Å². The van der Waals surface area contributed by atoms with Crippen LogP contribution in [0.25, 0.3) is 5.57 Å². The van der Waals surface area contributed by atoms with Gasteiger partial charge in [0.2, 0.25) is 0 Å². The van der Waals surface area contributed by atoms with Gasteiger partial charge in [0.05, 0.1) is 34.8 Å². The number of furan rings is 1. The molecule has 0 bridgehead atoms. The third-order valence-electron chi connectivity index (χ3n) is 4.53. The predicted molar refractivity (Wildman–Crippen MR) is 113 cm³/mol. The maximum atomic E-state index is 14.4. The molecule has 0 saturated heterocycles. The third kappa shape index (κ3) is 3.76. The lowest BCUT2D eigenvalue weighted by Gasteiger charge is -2.15. The number of nitrogens with zero attached hydrogens (tertiary/aromatic N) is 1. The minimum absolute atomic E-state index is 0.0652. The van der Waals surface area contributed by atoms with Gasteiger partial charge in [0.1, 0.15) is 17.3 Å². The Morgan fingerprint density at radius 2 is 1.77 bits per heavy atom. The fourth-order valence-electron chi connectivity index (χ4n) is 3.17. The number of anilines is 1. The molecule has 152 valence electrons. The van der Waals surface area contributed by atoms with E-state index < -0.39 is 17.6 Å². The van der Waals surface area contributed by atoms with Crippen molar-refractivity contribution in [3.8, 4) is 5.75 Å². The van der Waals surface area contributed by atoms with Gasteiger partial charge in [-0.3, -0.25) is 9.59 Å². The van der Waals surface area contributed by atoms with Crippen LogP contribution >= 0.6 is 11.8 Å². The van der Waals surface area contributed by atoms with Crippen molar-refractivity contribution >= 4 is 34.8 Å². The van der Waals surface area contributed by atoms with Crippen molar-refractivity contribution in [3.63, 3.8) is 0 Å². The molecule has 1 aliphatic rings. The Balaban J connectivity index is 1.74. The van der Waals surface area contributed by atoms with Gasteiger partial charge in [0.15, 0.2) is 0 Å². The number of carbonyl (C=O) groups is 2. The molecule has 0 N–H and O–H groups in total. The van der Waals surface area contributed by atoms with E-state index in [0.29, 0.717) is 29.4 Å². The summed E-state index contributed by atoms with van der Waals surface area (Å²) in [6.45, 7) is 2.40. The Labute approximate surface area is 177 Å². The molecular weight excluding hydrogens is 405 g/mol. The lowest BCUT2D eigenvalue weighted by atomic mass is 10.1. The Morgan fingerprint density at radius 3 is 2.43 bits per heavy atom. The zero-order valence-electron chi connectivity index (χ0n) is 16.1. The first-order chi connectivity index (χ1) is 14.6. The van der Waals surface area contributed by atoms with E-state index in [-0.39, 0.29) is 16.2 Å². The Kier molecular flexibility index (Phi) is 5.72. The Bertz CT molecular complexity index is 1110. The van der Waals surface area contributed by atoms with E-state index in [1.807, 2.05) is 6.92 Å². The maximum Gasteiger partial charge on any atom is 0.272 e. The molecule has 2 aromatic carbocycles. The van der Waals surface area contributed by atoms with Gasteiger partial charge in [-0.25, -0.2) is 9.29 Å². The largest absolute Gasteiger partial charge is 0.494 e. The molecule has 5 nitrogen and oxygen atoms in total. The molecule has 0 radical (unpaired) electrons. The van der Waals surface area contributed by atoms with Crippen LogP contribution in [0, 0.1) is 5.82 Å². The molecular formula is C23H18FNO4S. The molecule has 1 aliphatic heterocycles. The summed E-state index contributed by atoms with van der Waals surface area (Å²) in [7, 11) is 0. The molecule has 0 saturated carbocycles. The minimum atomic E-state index is -0.637. The first kappa shape index (κ1) is 20.0. The molecule has 3 aromatic rings. The molecule has 0 unspecified atom stereocenters. The van der Waals surface area contributed by atoms with Crippen LogP contribution < -0.4 is 9.64 Å². The summed E-state index contributed by atoms with van der Waals surface area (Å²) in [5.74, 6) is -0.0470. The highest BCUT2D eigenvalue weighted by Gasteiger charge is 2.41. The zero-order chi connectivity index (χ0) is 21.1. The van der Waals surface area contributed by atoms with Crippen LogP contribution in [-0.2, 0) is 15.3 Å². The van der Waals surface area contributed by atoms with E-state index in [1.165, 1.54) is 30.0 Å². The summed E-state index contributed by atoms with van der Waals surface area (Å²) in [4.78, 5) is 27.6. The van der Waals surface area contributed by atoms with Crippen molar-refractivity contribution in [2.24, 2.45) is 0 Å². The first-order valence-electron chi connectivity index (χ1n) is 9.36. The topological polar surface area (TPSA) is 59.8 Å². The minimum Gasteiger partial charge on any atom is -0.494 e. The second-order valence-corrected chi connectivity index (χ2v) is 7.41. The summed E-state index contributed by atoms with van der Waals surface area (Å²) in [6.07, 6.45) is 1.55. The fraction of sp³-hybridized carbons (Fsp3) is 0.130. The van der Waals surface area contributed by atoms with Crippen molar-refractivity contribution in [1.82, 2.24) is 0 Å². The van der Waals surface area contributed by atoms with Crippen molar-refractivity contribution in [3.05, 3.63) is 89.0 Å². The van der Waals surface area contributed by atoms with Crippen LogP contribution in [0.3, 0.4) is 0 Å². The first-order valence-corrected chi connectivity index (χ1v) is 10.3. The number of imide groups is 1. The van der Waals surface area contributed by atoms with Crippen molar-refractivity contribution < 1.29 is 23.1 Å². The summed E-state index contributed by atoms with van der Waals surface area (Å²) in [6, 6.07) is 16.2. The summed E-state index contributed by atoms with van der Waals surface area (Å²) < 4.78 is 25.2. The molecule has 2 heterocycles. The molecule has 0 atom stereocenters. The normalized spacial score (nSPS) is 14.0. The van der Waals surface area contributed by atoms with Gasteiger partial charge in [0.25, 0.3) is 11.8 Å². The number of amides is 2. The zero-order valence-corrected chi connectivity index (χ0v) is 16.9. The summed E-state index contributed by atoms with van der Waals surface area (Å²) >= 11 is 1.20. The van der Waals surface area contributed by atoms with Gasteiger partial charge in [-0.15, -0.1) is 11.8 Å². The number of rotatable bonds is 7. The molecule has 30 heavy (non-hydrogen) atoms. The number of hydrogen-bond donors (Lipinski definition) is 0. The second-order valence-electron chi connectivity index (χ2n) is 6.43. The lowest BCUT2D eigenvalue weighted by molar-refractivity contribution is -0.119. The van der Waals surface area contributed by atoms with Crippen molar-refractivity contribution in [2.45, 2.75) is 12.7 Å². The Morgan fingerprint density at radius 1 is 1.00 bits per heavy atom. The monoisotopic (exact) mass is 423 g/mol. The van der Waals surface area contributed by atoms with Gasteiger partial charge in [-0.1, -0.05) is 24.3 Å². The van der Waals surface area contributed by atoms with E-state index in [1.54, 1.807) is 48.7 Å². The average Bonchev–Trinajstić information content (AvgIpc) is 3.34. The van der Waals surface area contributed by atoms with Gasteiger partial charge in [-0.05, 0) is 48.9 Å². The number of benzene rings is 2. The van der Waals surface area contributed by atoms with Crippen molar-refractivity contribution in [2.75, 3.05) is 11.5 Å². The number of hydrogen-bond acceptors (Lipinski definition) is 5. The van der Waals surface area contributed by atoms with Crippen LogP contribution in [-0.4, -0.2) is 18.4 Å². The molecule has 0 fully saturated rings. The number of carbonyl (C=O) groups excluding carboxylic acids is 2. The van der Waals surface area contributed by atoms with Gasteiger partial charge >= 0.3 is 0 Å². The van der Waals surface area contributed by atoms with E-state index in [0.717, 1.165) is 4.90 Å². The fourth-order valence-corrected chi connectivity index (χ4v) is 4.19. The van der Waals surface area contributed by atoms with E-state index in [4.69, 9.17) is 9.15 Å². The third-order valence-corrected chi connectivity index (χ3v) is 5.62. The van der Waals surface area contributed by atoms with Crippen LogP contribution in [0.5, 0.6) is 5.75 Å². The highest BCUT2D eigenvalue weighted by Crippen LogP contribution is 2.40. The van der Waals surface area contributed by atoms with Gasteiger partial charge in [0, 0.05) is 0 Å². The van der Waals surface area contributed by atoms with E-state index in [2.05, 4.69) is 0 Å². The molecule has 4 rings (SSSR count).